The Kier molecular flexibility index (Phi) is 2.69. The van der Waals surface area contributed by atoms with Crippen LogP contribution in [-0.4, -0.2) is 19.1 Å². The Morgan fingerprint density at radius 1 is 1.33 bits per heavy atom. The maximum atomic E-state index is 4.25. The Balaban J connectivity index is 2.96. The lowest BCUT2D eigenvalue weighted by Gasteiger charge is -2.13. The maximum absolute atomic E-state index is 4.25. The second-order valence-electron chi connectivity index (χ2n) is 3.50. The molecule has 0 aliphatic heterocycles. The van der Waals surface area contributed by atoms with Crippen molar-refractivity contribution in [3.8, 4) is 0 Å². The van der Waals surface area contributed by atoms with Gasteiger partial charge in [0, 0.05) is 20.3 Å². The molecule has 0 saturated carbocycles. The van der Waals surface area contributed by atoms with Gasteiger partial charge in [-0.15, -0.1) is 0 Å². The molecule has 0 radical (unpaired) electrons. The largest absolute Gasteiger partial charge is 0.363 e. The molecule has 1 rings (SSSR count). The molecule has 0 N–H and O–H groups in total. The summed E-state index contributed by atoms with van der Waals surface area (Å²) in [5.41, 5.74) is 1.34. The van der Waals surface area contributed by atoms with Crippen LogP contribution < -0.4 is 4.90 Å². The average molecular weight is 164 g/mol. The van der Waals surface area contributed by atoms with Gasteiger partial charge in [-0.3, -0.25) is 0 Å². The Labute approximate surface area is 74.2 Å². The Bertz CT molecular complexity index is 231. The first-order valence-corrected chi connectivity index (χ1v) is 4.24. The van der Waals surface area contributed by atoms with Gasteiger partial charge in [-0.25, -0.2) is 4.98 Å². The fourth-order valence-electron chi connectivity index (χ4n) is 1.04. The molecule has 0 atom stereocenters. The van der Waals surface area contributed by atoms with E-state index < -0.39 is 0 Å². The zero-order valence-corrected chi connectivity index (χ0v) is 8.20. The van der Waals surface area contributed by atoms with Gasteiger partial charge in [0.2, 0.25) is 0 Å². The van der Waals surface area contributed by atoms with Crippen molar-refractivity contribution in [2.75, 3.05) is 19.0 Å². The van der Waals surface area contributed by atoms with E-state index in [1.807, 2.05) is 25.2 Å². The highest BCUT2D eigenvalue weighted by molar-refractivity contribution is 5.39. The van der Waals surface area contributed by atoms with Gasteiger partial charge in [0.15, 0.2) is 0 Å². The van der Waals surface area contributed by atoms with Crippen molar-refractivity contribution in [3.05, 3.63) is 23.9 Å². The average Bonchev–Trinajstić information content (AvgIpc) is 2.04. The standard InChI is InChI=1S/C10H16N2/c1-8(2)9-5-6-11-10(7-9)12(3)4/h5-8H,1-4H3. The number of pyridine rings is 1. The highest BCUT2D eigenvalue weighted by Gasteiger charge is 2.01. The molecule has 1 heterocycles. The molecule has 12 heavy (non-hydrogen) atoms. The van der Waals surface area contributed by atoms with Crippen LogP contribution in [0.15, 0.2) is 18.3 Å². The lowest BCUT2D eigenvalue weighted by atomic mass is 10.1. The van der Waals surface area contributed by atoms with Crippen LogP contribution in [0.4, 0.5) is 5.82 Å². The molecule has 1 aromatic heterocycles. The second kappa shape index (κ2) is 3.57. The van der Waals surface area contributed by atoms with E-state index >= 15 is 0 Å². The Hall–Kier alpha value is -1.05. The molecular formula is C10H16N2. The van der Waals surface area contributed by atoms with Crippen molar-refractivity contribution >= 4 is 5.82 Å². The molecule has 0 saturated heterocycles. The summed E-state index contributed by atoms with van der Waals surface area (Å²) < 4.78 is 0. The summed E-state index contributed by atoms with van der Waals surface area (Å²) >= 11 is 0. The molecule has 0 fully saturated rings. The molecule has 1 aromatic rings. The Morgan fingerprint density at radius 2 is 2.00 bits per heavy atom. The monoisotopic (exact) mass is 164 g/mol. The molecule has 66 valence electrons. The predicted molar refractivity (Wildman–Crippen MR) is 52.7 cm³/mol. The van der Waals surface area contributed by atoms with Gasteiger partial charge in [0.1, 0.15) is 5.82 Å². The molecule has 0 amide bonds. The summed E-state index contributed by atoms with van der Waals surface area (Å²) in [4.78, 5) is 6.27. The van der Waals surface area contributed by atoms with Gasteiger partial charge in [-0.2, -0.15) is 0 Å². The lowest BCUT2D eigenvalue weighted by Crippen LogP contribution is -2.10. The van der Waals surface area contributed by atoms with Crippen molar-refractivity contribution in [1.82, 2.24) is 4.98 Å². The molecule has 0 unspecified atom stereocenters. The maximum Gasteiger partial charge on any atom is 0.128 e. The number of nitrogens with zero attached hydrogens (tertiary/aromatic N) is 2. The number of anilines is 1. The molecule has 0 aromatic carbocycles. The van der Waals surface area contributed by atoms with Crippen LogP contribution in [0.5, 0.6) is 0 Å². The minimum absolute atomic E-state index is 0.576. The molecule has 2 heteroatoms. The lowest BCUT2D eigenvalue weighted by molar-refractivity contribution is 0.860. The van der Waals surface area contributed by atoms with E-state index in [-0.39, 0.29) is 0 Å². The van der Waals surface area contributed by atoms with Crippen molar-refractivity contribution < 1.29 is 0 Å². The van der Waals surface area contributed by atoms with Gasteiger partial charge < -0.3 is 4.90 Å². The van der Waals surface area contributed by atoms with Gasteiger partial charge in [-0.1, -0.05) is 13.8 Å². The number of aromatic nitrogens is 1. The van der Waals surface area contributed by atoms with Crippen molar-refractivity contribution in [2.45, 2.75) is 19.8 Å². The van der Waals surface area contributed by atoms with Crippen LogP contribution in [0.1, 0.15) is 25.3 Å². The van der Waals surface area contributed by atoms with E-state index in [9.17, 15) is 0 Å². The first-order chi connectivity index (χ1) is 5.61. The number of rotatable bonds is 2. The molecule has 2 nitrogen and oxygen atoms in total. The quantitative estimate of drug-likeness (QED) is 0.666. The van der Waals surface area contributed by atoms with Crippen LogP contribution in [0.3, 0.4) is 0 Å². The molecular weight excluding hydrogens is 148 g/mol. The topological polar surface area (TPSA) is 16.1 Å². The van der Waals surface area contributed by atoms with Crippen LogP contribution >= 0.6 is 0 Å². The third-order valence-electron chi connectivity index (χ3n) is 1.89. The zero-order valence-electron chi connectivity index (χ0n) is 8.20. The van der Waals surface area contributed by atoms with Gasteiger partial charge in [0.05, 0.1) is 0 Å². The van der Waals surface area contributed by atoms with Crippen LogP contribution in [-0.2, 0) is 0 Å². The van der Waals surface area contributed by atoms with E-state index in [1.54, 1.807) is 0 Å². The van der Waals surface area contributed by atoms with Crippen molar-refractivity contribution in [3.63, 3.8) is 0 Å². The van der Waals surface area contributed by atoms with E-state index in [2.05, 4.69) is 31.0 Å². The number of hydrogen-bond acceptors (Lipinski definition) is 2. The molecule has 0 aliphatic rings. The fraction of sp³-hybridized carbons (Fsp3) is 0.500. The third kappa shape index (κ3) is 1.97. The molecule has 0 aliphatic carbocycles. The zero-order chi connectivity index (χ0) is 9.14. The molecule has 0 bridgehead atoms. The SMILES string of the molecule is CC(C)c1ccnc(N(C)C)c1. The van der Waals surface area contributed by atoms with Crippen molar-refractivity contribution in [1.29, 1.82) is 0 Å². The minimum atomic E-state index is 0.576. The third-order valence-corrected chi connectivity index (χ3v) is 1.89. The Morgan fingerprint density at radius 3 is 2.50 bits per heavy atom. The summed E-state index contributed by atoms with van der Waals surface area (Å²) in [5, 5.41) is 0. The van der Waals surface area contributed by atoms with E-state index in [0.29, 0.717) is 5.92 Å². The van der Waals surface area contributed by atoms with Crippen LogP contribution in [0.2, 0.25) is 0 Å². The van der Waals surface area contributed by atoms with E-state index in [1.165, 1.54) is 5.56 Å². The predicted octanol–water partition coefficient (Wildman–Crippen LogP) is 2.27. The minimum Gasteiger partial charge on any atom is -0.363 e. The van der Waals surface area contributed by atoms with Crippen LogP contribution in [0.25, 0.3) is 0 Å². The van der Waals surface area contributed by atoms with Crippen molar-refractivity contribution in [2.24, 2.45) is 0 Å². The highest BCUT2D eigenvalue weighted by atomic mass is 15.1. The number of hydrogen-bond donors (Lipinski definition) is 0. The summed E-state index contributed by atoms with van der Waals surface area (Å²) in [6.45, 7) is 4.38. The normalized spacial score (nSPS) is 10.4. The van der Waals surface area contributed by atoms with Gasteiger partial charge in [-0.05, 0) is 23.6 Å². The first-order valence-electron chi connectivity index (χ1n) is 4.24. The second-order valence-corrected chi connectivity index (χ2v) is 3.50. The highest BCUT2D eigenvalue weighted by Crippen LogP contribution is 2.17. The summed E-state index contributed by atoms with van der Waals surface area (Å²) in [6, 6.07) is 4.20. The molecule has 0 spiro atoms. The summed E-state index contributed by atoms with van der Waals surface area (Å²) in [6.07, 6.45) is 1.87. The summed E-state index contributed by atoms with van der Waals surface area (Å²) in [5.74, 6) is 1.60. The smallest absolute Gasteiger partial charge is 0.128 e. The first kappa shape index (κ1) is 9.04. The van der Waals surface area contributed by atoms with Crippen LogP contribution in [0, 0.1) is 0 Å². The van der Waals surface area contributed by atoms with Gasteiger partial charge >= 0.3 is 0 Å². The van der Waals surface area contributed by atoms with Gasteiger partial charge in [0.25, 0.3) is 0 Å². The fourth-order valence-corrected chi connectivity index (χ4v) is 1.04. The van der Waals surface area contributed by atoms with E-state index in [4.69, 9.17) is 0 Å². The van der Waals surface area contributed by atoms with E-state index in [0.717, 1.165) is 5.82 Å². The summed E-state index contributed by atoms with van der Waals surface area (Å²) in [7, 11) is 4.01.